The van der Waals surface area contributed by atoms with Crippen LogP contribution in [0.1, 0.15) is 11.3 Å². The first-order chi connectivity index (χ1) is 7.97. The van der Waals surface area contributed by atoms with Crippen LogP contribution in [-0.4, -0.2) is 15.6 Å². The van der Waals surface area contributed by atoms with E-state index in [1.165, 1.54) is 10.9 Å². The van der Waals surface area contributed by atoms with Crippen LogP contribution >= 0.6 is 0 Å². The van der Waals surface area contributed by atoms with Crippen molar-refractivity contribution in [2.45, 2.75) is 6.92 Å². The van der Waals surface area contributed by atoms with Gasteiger partial charge in [0.05, 0.1) is 16.9 Å². The number of nitrogens with zero attached hydrogens (tertiary/aromatic N) is 2. The first kappa shape index (κ1) is 11.3. The summed E-state index contributed by atoms with van der Waals surface area (Å²) in [5.74, 6) is -1.50. The van der Waals surface area contributed by atoms with Crippen LogP contribution in [0, 0.1) is 24.0 Å². The summed E-state index contributed by atoms with van der Waals surface area (Å²) in [6.45, 7) is 1.67. The van der Waals surface area contributed by atoms with Crippen molar-refractivity contribution < 1.29 is 8.78 Å². The zero-order chi connectivity index (χ0) is 12.6. The van der Waals surface area contributed by atoms with Gasteiger partial charge in [-0.05, 0) is 19.1 Å². The molecular weight excluding hydrogens is 226 g/mol. The topological polar surface area (TPSA) is 67.7 Å². The number of rotatable bonds is 2. The Morgan fingerprint density at radius 3 is 2.35 bits per heavy atom. The fraction of sp³-hybridized carbons (Fsp3) is 0.0909. The third-order valence-corrected chi connectivity index (χ3v) is 2.30. The van der Waals surface area contributed by atoms with Crippen LogP contribution in [0.5, 0.6) is 0 Å². The van der Waals surface area contributed by atoms with Crippen molar-refractivity contribution in [2.24, 2.45) is 5.73 Å². The van der Waals surface area contributed by atoms with Gasteiger partial charge in [0.2, 0.25) is 0 Å². The van der Waals surface area contributed by atoms with E-state index >= 15 is 0 Å². The number of nitrogen functional groups attached to an aromatic ring is 1. The maximum Gasteiger partial charge on any atom is 0.128 e. The molecule has 6 heteroatoms. The third-order valence-electron chi connectivity index (χ3n) is 2.30. The number of hydrogen-bond donors (Lipinski definition) is 2. The molecule has 0 amide bonds. The zero-order valence-corrected chi connectivity index (χ0v) is 9.04. The standard InChI is InChI=1S/C11H10F2N4/c1-6-10(11(14)15)5-17(16-6)9-3-7(12)2-8(13)4-9/h2-5H,1H3,(H3,14,15). The van der Waals surface area contributed by atoms with E-state index in [0.717, 1.165) is 18.2 Å². The normalized spacial score (nSPS) is 10.5. The van der Waals surface area contributed by atoms with Gasteiger partial charge in [-0.2, -0.15) is 5.10 Å². The van der Waals surface area contributed by atoms with Crippen LogP contribution in [0.2, 0.25) is 0 Å². The second-order valence-corrected chi connectivity index (χ2v) is 3.61. The molecule has 0 saturated carbocycles. The summed E-state index contributed by atoms with van der Waals surface area (Å²) in [6, 6.07) is 3.09. The smallest absolute Gasteiger partial charge is 0.128 e. The molecule has 1 aromatic carbocycles. The summed E-state index contributed by atoms with van der Waals surface area (Å²) >= 11 is 0. The van der Waals surface area contributed by atoms with E-state index in [-0.39, 0.29) is 11.5 Å². The van der Waals surface area contributed by atoms with Gasteiger partial charge in [-0.15, -0.1) is 0 Å². The molecule has 1 heterocycles. The Balaban J connectivity index is 2.53. The van der Waals surface area contributed by atoms with Crippen LogP contribution < -0.4 is 5.73 Å². The first-order valence-electron chi connectivity index (χ1n) is 4.84. The van der Waals surface area contributed by atoms with Crippen molar-refractivity contribution in [1.82, 2.24) is 9.78 Å². The number of hydrogen-bond acceptors (Lipinski definition) is 2. The van der Waals surface area contributed by atoms with Gasteiger partial charge in [0, 0.05) is 12.3 Å². The Kier molecular flexibility index (Phi) is 2.63. The largest absolute Gasteiger partial charge is 0.384 e. The highest BCUT2D eigenvalue weighted by molar-refractivity contribution is 5.95. The number of amidine groups is 1. The molecule has 0 saturated heterocycles. The minimum atomic E-state index is -0.683. The average Bonchev–Trinajstić information content (AvgIpc) is 2.59. The molecule has 0 unspecified atom stereocenters. The lowest BCUT2D eigenvalue weighted by atomic mass is 10.2. The van der Waals surface area contributed by atoms with Crippen LogP contribution in [0.15, 0.2) is 24.4 Å². The molecule has 3 N–H and O–H groups in total. The van der Waals surface area contributed by atoms with Crippen LogP contribution in [0.25, 0.3) is 5.69 Å². The third kappa shape index (κ3) is 2.15. The zero-order valence-electron chi connectivity index (χ0n) is 9.04. The fourth-order valence-electron chi connectivity index (χ4n) is 1.53. The number of halogens is 2. The van der Waals surface area contributed by atoms with E-state index in [1.807, 2.05) is 0 Å². The summed E-state index contributed by atoms with van der Waals surface area (Å²) < 4.78 is 27.4. The molecule has 0 bridgehead atoms. The minimum absolute atomic E-state index is 0.134. The highest BCUT2D eigenvalue weighted by Crippen LogP contribution is 2.14. The number of nitrogens with two attached hydrogens (primary N) is 1. The molecule has 0 radical (unpaired) electrons. The van der Waals surface area contributed by atoms with Gasteiger partial charge in [0.25, 0.3) is 0 Å². The Morgan fingerprint density at radius 2 is 1.88 bits per heavy atom. The molecule has 2 rings (SSSR count). The van der Waals surface area contributed by atoms with Gasteiger partial charge in [0.1, 0.15) is 17.5 Å². The predicted molar refractivity (Wildman–Crippen MR) is 59.2 cm³/mol. The first-order valence-corrected chi connectivity index (χ1v) is 4.84. The second kappa shape index (κ2) is 3.97. The number of benzene rings is 1. The van der Waals surface area contributed by atoms with E-state index in [0.29, 0.717) is 11.3 Å². The molecule has 0 aliphatic heterocycles. The van der Waals surface area contributed by atoms with Crippen molar-refractivity contribution in [2.75, 3.05) is 0 Å². The summed E-state index contributed by atoms with van der Waals surface area (Å²) in [5.41, 5.74) is 6.57. The maximum atomic E-state index is 13.0. The van der Waals surface area contributed by atoms with Crippen molar-refractivity contribution in [3.63, 3.8) is 0 Å². The van der Waals surface area contributed by atoms with Gasteiger partial charge in [-0.1, -0.05) is 0 Å². The SMILES string of the molecule is Cc1nn(-c2cc(F)cc(F)c2)cc1C(=N)N. The highest BCUT2D eigenvalue weighted by atomic mass is 19.1. The van der Waals surface area contributed by atoms with Crippen LogP contribution in [0.4, 0.5) is 8.78 Å². The molecule has 0 atom stereocenters. The van der Waals surface area contributed by atoms with Crippen LogP contribution in [-0.2, 0) is 0 Å². The fourth-order valence-corrected chi connectivity index (χ4v) is 1.53. The Morgan fingerprint density at radius 1 is 1.29 bits per heavy atom. The molecule has 0 fully saturated rings. The van der Waals surface area contributed by atoms with E-state index in [4.69, 9.17) is 11.1 Å². The Labute approximate surface area is 96.2 Å². The lowest BCUT2D eigenvalue weighted by molar-refractivity contribution is 0.580. The molecule has 0 aliphatic rings. The highest BCUT2D eigenvalue weighted by Gasteiger charge is 2.10. The maximum absolute atomic E-state index is 13.0. The van der Waals surface area contributed by atoms with Crippen LogP contribution in [0.3, 0.4) is 0 Å². The minimum Gasteiger partial charge on any atom is -0.384 e. The monoisotopic (exact) mass is 236 g/mol. The summed E-state index contributed by atoms with van der Waals surface area (Å²) in [4.78, 5) is 0. The molecule has 17 heavy (non-hydrogen) atoms. The van der Waals surface area contributed by atoms with Crippen molar-refractivity contribution >= 4 is 5.84 Å². The summed E-state index contributed by atoms with van der Waals surface area (Å²) in [6.07, 6.45) is 1.46. The lowest BCUT2D eigenvalue weighted by Gasteiger charge is -2.01. The molecular formula is C11H10F2N4. The second-order valence-electron chi connectivity index (χ2n) is 3.61. The van der Waals surface area contributed by atoms with Crippen molar-refractivity contribution in [1.29, 1.82) is 5.41 Å². The number of aryl methyl sites for hydroxylation is 1. The van der Waals surface area contributed by atoms with Gasteiger partial charge in [0.15, 0.2) is 0 Å². The van der Waals surface area contributed by atoms with E-state index in [9.17, 15) is 8.78 Å². The molecule has 2 aromatic rings. The van der Waals surface area contributed by atoms with Gasteiger partial charge >= 0.3 is 0 Å². The summed E-state index contributed by atoms with van der Waals surface area (Å²) in [7, 11) is 0. The van der Waals surface area contributed by atoms with Crippen molar-refractivity contribution in [3.8, 4) is 5.69 Å². The Bertz CT molecular complexity index is 569. The quantitative estimate of drug-likeness (QED) is 0.616. The average molecular weight is 236 g/mol. The molecule has 1 aromatic heterocycles. The molecule has 88 valence electrons. The summed E-state index contributed by atoms with van der Waals surface area (Å²) in [5, 5.41) is 11.4. The van der Waals surface area contributed by atoms with Gasteiger partial charge < -0.3 is 5.73 Å². The van der Waals surface area contributed by atoms with E-state index in [1.54, 1.807) is 6.92 Å². The predicted octanol–water partition coefficient (Wildman–Crippen LogP) is 1.74. The number of aromatic nitrogens is 2. The molecule has 0 spiro atoms. The Hall–Kier alpha value is -2.24. The lowest BCUT2D eigenvalue weighted by Crippen LogP contribution is -2.11. The van der Waals surface area contributed by atoms with Crippen molar-refractivity contribution in [3.05, 3.63) is 47.3 Å². The van der Waals surface area contributed by atoms with E-state index < -0.39 is 11.6 Å². The van der Waals surface area contributed by atoms with Gasteiger partial charge in [-0.25, -0.2) is 13.5 Å². The molecule has 0 aliphatic carbocycles. The van der Waals surface area contributed by atoms with Gasteiger partial charge in [-0.3, -0.25) is 5.41 Å². The number of nitrogens with one attached hydrogen (secondary N) is 1. The van der Waals surface area contributed by atoms with E-state index in [2.05, 4.69) is 5.10 Å². The molecule has 4 nitrogen and oxygen atoms in total.